The fraction of sp³-hybridized carbons (Fsp3) is 0.500. The largest absolute Gasteiger partial charge is 0.497 e. The van der Waals surface area contributed by atoms with Crippen LogP contribution in [0.25, 0.3) is 0 Å². The van der Waals surface area contributed by atoms with Crippen molar-refractivity contribution in [1.29, 1.82) is 0 Å². The maximum Gasteiger partial charge on any atom is 0.256 e. The standard InChI is InChI=1S/C14H21FN2O2/c1-16(2)8-5-9-17(3)14(18)12-7-6-11(19-4)10-13(12)15/h6-7,10H,5,8-9H2,1-4H3. The van der Waals surface area contributed by atoms with Crippen molar-refractivity contribution in [3.63, 3.8) is 0 Å². The Bertz CT molecular complexity index is 435. The van der Waals surface area contributed by atoms with Gasteiger partial charge in [0.25, 0.3) is 5.91 Å². The lowest BCUT2D eigenvalue weighted by Gasteiger charge is -2.19. The molecule has 0 aliphatic heterocycles. The minimum Gasteiger partial charge on any atom is -0.497 e. The summed E-state index contributed by atoms with van der Waals surface area (Å²) in [6.45, 7) is 1.49. The third-order valence-corrected chi connectivity index (χ3v) is 2.85. The van der Waals surface area contributed by atoms with Crippen LogP contribution in [0.5, 0.6) is 5.75 Å². The maximum atomic E-state index is 13.8. The number of benzene rings is 1. The second kappa shape index (κ2) is 7.09. The van der Waals surface area contributed by atoms with Gasteiger partial charge in [0.05, 0.1) is 12.7 Å². The molecule has 19 heavy (non-hydrogen) atoms. The molecule has 0 radical (unpaired) electrons. The first-order valence-corrected chi connectivity index (χ1v) is 6.19. The molecule has 4 nitrogen and oxygen atoms in total. The van der Waals surface area contributed by atoms with E-state index in [0.717, 1.165) is 13.0 Å². The second-order valence-electron chi connectivity index (χ2n) is 4.73. The van der Waals surface area contributed by atoms with Crippen LogP contribution < -0.4 is 4.74 Å². The average molecular weight is 268 g/mol. The smallest absolute Gasteiger partial charge is 0.256 e. The summed E-state index contributed by atoms with van der Waals surface area (Å²) in [4.78, 5) is 15.7. The Balaban J connectivity index is 2.66. The molecule has 1 aromatic carbocycles. The van der Waals surface area contributed by atoms with Gasteiger partial charge in [0.1, 0.15) is 11.6 Å². The van der Waals surface area contributed by atoms with E-state index in [0.29, 0.717) is 12.3 Å². The van der Waals surface area contributed by atoms with Gasteiger partial charge in [-0.1, -0.05) is 0 Å². The molecule has 1 rings (SSSR count). The highest BCUT2D eigenvalue weighted by atomic mass is 19.1. The van der Waals surface area contributed by atoms with Gasteiger partial charge in [0.15, 0.2) is 0 Å². The molecule has 1 amide bonds. The Morgan fingerprint density at radius 1 is 1.26 bits per heavy atom. The molecule has 0 fully saturated rings. The van der Waals surface area contributed by atoms with E-state index in [2.05, 4.69) is 0 Å². The summed E-state index contributed by atoms with van der Waals surface area (Å²) in [6, 6.07) is 4.27. The monoisotopic (exact) mass is 268 g/mol. The van der Waals surface area contributed by atoms with Crippen molar-refractivity contribution in [1.82, 2.24) is 9.80 Å². The first-order valence-electron chi connectivity index (χ1n) is 6.19. The van der Waals surface area contributed by atoms with Crippen LogP contribution in [0.4, 0.5) is 4.39 Å². The fourth-order valence-electron chi connectivity index (χ4n) is 1.73. The second-order valence-corrected chi connectivity index (χ2v) is 4.73. The number of carbonyl (C=O) groups is 1. The van der Waals surface area contributed by atoms with Gasteiger partial charge in [-0.2, -0.15) is 0 Å². The van der Waals surface area contributed by atoms with E-state index in [1.807, 2.05) is 19.0 Å². The normalized spacial score (nSPS) is 10.6. The number of halogens is 1. The molecule has 0 bridgehead atoms. The highest BCUT2D eigenvalue weighted by Gasteiger charge is 2.16. The number of rotatable bonds is 6. The number of ether oxygens (including phenoxy) is 1. The van der Waals surface area contributed by atoms with E-state index in [4.69, 9.17) is 4.74 Å². The molecule has 0 atom stereocenters. The summed E-state index contributed by atoms with van der Waals surface area (Å²) in [6.07, 6.45) is 0.854. The highest BCUT2D eigenvalue weighted by Crippen LogP contribution is 2.17. The van der Waals surface area contributed by atoms with Crippen molar-refractivity contribution in [3.8, 4) is 5.75 Å². The number of hydrogen-bond donors (Lipinski definition) is 0. The van der Waals surface area contributed by atoms with E-state index < -0.39 is 5.82 Å². The maximum absolute atomic E-state index is 13.8. The molecule has 106 valence electrons. The van der Waals surface area contributed by atoms with Crippen molar-refractivity contribution in [2.24, 2.45) is 0 Å². The molecule has 5 heteroatoms. The Morgan fingerprint density at radius 3 is 2.47 bits per heavy atom. The number of methoxy groups -OCH3 is 1. The third kappa shape index (κ3) is 4.52. The fourth-order valence-corrected chi connectivity index (χ4v) is 1.73. The predicted molar refractivity (Wildman–Crippen MR) is 73.1 cm³/mol. The SMILES string of the molecule is COc1ccc(C(=O)N(C)CCCN(C)C)c(F)c1. The number of carbonyl (C=O) groups excluding carboxylic acids is 1. The van der Waals surface area contributed by atoms with Crippen LogP contribution in [-0.2, 0) is 0 Å². The van der Waals surface area contributed by atoms with Gasteiger partial charge in [0, 0.05) is 19.7 Å². The number of nitrogens with zero attached hydrogens (tertiary/aromatic N) is 2. The zero-order valence-corrected chi connectivity index (χ0v) is 11.9. The van der Waals surface area contributed by atoms with Crippen molar-refractivity contribution in [2.75, 3.05) is 41.3 Å². The summed E-state index contributed by atoms with van der Waals surface area (Å²) in [5, 5.41) is 0. The van der Waals surface area contributed by atoms with Gasteiger partial charge >= 0.3 is 0 Å². The molecular formula is C14H21FN2O2. The molecule has 0 aliphatic rings. The van der Waals surface area contributed by atoms with E-state index in [9.17, 15) is 9.18 Å². The topological polar surface area (TPSA) is 32.8 Å². The molecule has 0 saturated carbocycles. The zero-order valence-electron chi connectivity index (χ0n) is 11.9. The Kier molecular flexibility index (Phi) is 5.76. The van der Waals surface area contributed by atoms with Crippen LogP contribution in [0.3, 0.4) is 0 Å². The molecule has 0 saturated heterocycles. The molecule has 1 aromatic rings. The first-order chi connectivity index (χ1) is 8.95. The van der Waals surface area contributed by atoms with Crippen molar-refractivity contribution in [2.45, 2.75) is 6.42 Å². The molecular weight excluding hydrogens is 247 g/mol. The van der Waals surface area contributed by atoms with E-state index in [1.54, 1.807) is 13.1 Å². The molecule has 0 unspecified atom stereocenters. The van der Waals surface area contributed by atoms with Crippen LogP contribution in [0.2, 0.25) is 0 Å². The van der Waals surface area contributed by atoms with Crippen LogP contribution in [0, 0.1) is 5.82 Å². The van der Waals surface area contributed by atoms with Crippen molar-refractivity contribution >= 4 is 5.91 Å². The Morgan fingerprint density at radius 2 is 1.95 bits per heavy atom. The summed E-state index contributed by atoms with van der Waals surface area (Å²) in [5.41, 5.74) is 0.0770. The van der Waals surface area contributed by atoms with Crippen LogP contribution in [0.15, 0.2) is 18.2 Å². The zero-order chi connectivity index (χ0) is 14.4. The molecule has 0 spiro atoms. The summed E-state index contributed by atoms with van der Waals surface area (Å²) < 4.78 is 18.7. The highest BCUT2D eigenvalue weighted by molar-refractivity contribution is 5.94. The van der Waals surface area contributed by atoms with E-state index in [-0.39, 0.29) is 11.5 Å². The number of amides is 1. The van der Waals surface area contributed by atoms with Gasteiger partial charge < -0.3 is 14.5 Å². The Labute approximate surface area is 113 Å². The average Bonchev–Trinajstić information content (AvgIpc) is 2.37. The van der Waals surface area contributed by atoms with Crippen molar-refractivity contribution in [3.05, 3.63) is 29.6 Å². The third-order valence-electron chi connectivity index (χ3n) is 2.85. The van der Waals surface area contributed by atoms with Gasteiger partial charge in [-0.05, 0) is 39.2 Å². The van der Waals surface area contributed by atoms with Crippen LogP contribution in [-0.4, -0.2) is 57.0 Å². The first kappa shape index (κ1) is 15.4. The van der Waals surface area contributed by atoms with Gasteiger partial charge in [-0.15, -0.1) is 0 Å². The van der Waals surface area contributed by atoms with Gasteiger partial charge in [0.2, 0.25) is 0 Å². The van der Waals surface area contributed by atoms with E-state index >= 15 is 0 Å². The van der Waals surface area contributed by atoms with Crippen LogP contribution >= 0.6 is 0 Å². The molecule has 0 aromatic heterocycles. The van der Waals surface area contributed by atoms with Crippen molar-refractivity contribution < 1.29 is 13.9 Å². The number of hydrogen-bond acceptors (Lipinski definition) is 3. The summed E-state index contributed by atoms with van der Waals surface area (Å²) >= 11 is 0. The van der Waals surface area contributed by atoms with E-state index in [1.165, 1.54) is 24.1 Å². The quantitative estimate of drug-likeness (QED) is 0.789. The minimum atomic E-state index is -0.552. The molecule has 0 heterocycles. The minimum absolute atomic E-state index is 0.0770. The van der Waals surface area contributed by atoms with Gasteiger partial charge in [-0.3, -0.25) is 4.79 Å². The van der Waals surface area contributed by atoms with Crippen LogP contribution in [0.1, 0.15) is 16.8 Å². The Hall–Kier alpha value is -1.62. The summed E-state index contributed by atoms with van der Waals surface area (Å²) in [5.74, 6) is -0.452. The molecule has 0 aliphatic carbocycles. The summed E-state index contributed by atoms with van der Waals surface area (Å²) in [7, 11) is 7.10. The molecule has 0 N–H and O–H groups in total. The van der Waals surface area contributed by atoms with Gasteiger partial charge in [-0.25, -0.2) is 4.39 Å². The lowest BCUT2D eigenvalue weighted by atomic mass is 10.1. The predicted octanol–water partition coefficient (Wildman–Crippen LogP) is 1.86. The lowest BCUT2D eigenvalue weighted by molar-refractivity contribution is 0.0786. The lowest BCUT2D eigenvalue weighted by Crippen LogP contribution is -2.30.